The number of nitrogens with zero attached hydrogens (tertiary/aromatic N) is 5. The summed E-state index contributed by atoms with van der Waals surface area (Å²) in [4.78, 5) is 32.2. The Morgan fingerprint density at radius 1 is 1.07 bits per heavy atom. The Morgan fingerprint density at radius 3 is 2.48 bits per heavy atom. The minimum atomic E-state index is -0.361. The molecule has 1 aliphatic rings. The fourth-order valence-corrected chi connectivity index (χ4v) is 3.65. The number of hydrogen-bond donors (Lipinski definition) is 1. The molecule has 0 aliphatic carbocycles. The van der Waals surface area contributed by atoms with E-state index in [1.54, 1.807) is 7.05 Å². The fourth-order valence-electron chi connectivity index (χ4n) is 3.65. The molecule has 0 radical (unpaired) electrons. The molecule has 0 amide bonds. The number of imidazole rings is 1. The van der Waals surface area contributed by atoms with Gasteiger partial charge < -0.3 is 10.2 Å². The number of aromatic nitrogens is 4. The van der Waals surface area contributed by atoms with Gasteiger partial charge in [-0.05, 0) is 18.1 Å². The quantitative estimate of drug-likeness (QED) is 0.715. The van der Waals surface area contributed by atoms with E-state index in [4.69, 9.17) is 4.98 Å². The third-order valence-corrected chi connectivity index (χ3v) is 5.32. The van der Waals surface area contributed by atoms with Gasteiger partial charge in [-0.25, -0.2) is 4.79 Å². The molecule has 3 heterocycles. The van der Waals surface area contributed by atoms with Crippen LogP contribution >= 0.6 is 0 Å². The summed E-state index contributed by atoms with van der Waals surface area (Å²) in [5, 5.41) is 3.34. The number of rotatable bonds is 3. The summed E-state index contributed by atoms with van der Waals surface area (Å²) in [5.74, 6) is 0.744. The maximum absolute atomic E-state index is 13.0. The summed E-state index contributed by atoms with van der Waals surface area (Å²) >= 11 is 0. The Hall–Kier alpha value is -2.87. The van der Waals surface area contributed by atoms with Crippen molar-refractivity contribution in [1.29, 1.82) is 0 Å². The molecule has 27 heavy (non-hydrogen) atoms. The predicted octanol–water partition coefficient (Wildman–Crippen LogP) is 0.200. The molecule has 0 saturated carbocycles. The summed E-state index contributed by atoms with van der Waals surface area (Å²) in [6.07, 6.45) is 0. The first kappa shape index (κ1) is 17.5. The van der Waals surface area contributed by atoms with Crippen molar-refractivity contribution in [1.82, 2.24) is 24.0 Å². The van der Waals surface area contributed by atoms with Crippen LogP contribution in [0.15, 0.2) is 33.9 Å². The molecule has 8 nitrogen and oxygen atoms in total. The van der Waals surface area contributed by atoms with Crippen LogP contribution in [0.25, 0.3) is 11.2 Å². The summed E-state index contributed by atoms with van der Waals surface area (Å²) in [6, 6.07) is 8.13. The Balaban J connectivity index is 1.99. The summed E-state index contributed by atoms with van der Waals surface area (Å²) in [7, 11) is 3.18. The molecular weight excluding hydrogens is 344 g/mol. The van der Waals surface area contributed by atoms with E-state index in [1.807, 2.05) is 16.7 Å². The van der Waals surface area contributed by atoms with Crippen LogP contribution < -0.4 is 21.5 Å². The second-order valence-corrected chi connectivity index (χ2v) is 7.04. The standard InChI is InChI=1S/C19H24N6O2/c1-13-6-4-5-7-14(13)12-25-15-16(22(2)19(27)23(3)17(15)26)21-18(25)24-10-8-20-9-11-24/h4-7,20H,8-12H2,1-3H3. The van der Waals surface area contributed by atoms with Crippen LogP contribution in [0, 0.1) is 6.92 Å². The van der Waals surface area contributed by atoms with E-state index in [0.29, 0.717) is 17.7 Å². The molecule has 1 N–H and O–H groups in total. The van der Waals surface area contributed by atoms with Crippen molar-refractivity contribution in [2.24, 2.45) is 14.1 Å². The van der Waals surface area contributed by atoms with Crippen LogP contribution in [0.3, 0.4) is 0 Å². The molecule has 0 spiro atoms. The number of benzene rings is 1. The van der Waals surface area contributed by atoms with Crippen molar-refractivity contribution in [3.05, 3.63) is 56.2 Å². The van der Waals surface area contributed by atoms with Crippen molar-refractivity contribution in [2.45, 2.75) is 13.5 Å². The number of hydrogen-bond acceptors (Lipinski definition) is 5. The SMILES string of the molecule is Cc1ccccc1Cn1c(N2CCNCC2)nc2c1c(=O)n(C)c(=O)n2C. The molecule has 1 fully saturated rings. The van der Waals surface area contributed by atoms with Gasteiger partial charge >= 0.3 is 5.69 Å². The molecule has 1 saturated heterocycles. The fraction of sp³-hybridized carbons (Fsp3) is 0.421. The number of piperazine rings is 1. The topological polar surface area (TPSA) is 77.1 Å². The second-order valence-electron chi connectivity index (χ2n) is 7.04. The van der Waals surface area contributed by atoms with E-state index in [2.05, 4.69) is 29.3 Å². The van der Waals surface area contributed by atoms with E-state index in [0.717, 1.165) is 47.8 Å². The maximum atomic E-state index is 13.0. The first-order chi connectivity index (χ1) is 13.0. The Bertz CT molecular complexity index is 1120. The highest BCUT2D eigenvalue weighted by atomic mass is 16.2. The van der Waals surface area contributed by atoms with Gasteiger partial charge in [0.1, 0.15) is 0 Å². The highest BCUT2D eigenvalue weighted by molar-refractivity contribution is 5.75. The van der Waals surface area contributed by atoms with Crippen molar-refractivity contribution in [3.63, 3.8) is 0 Å². The zero-order valence-corrected chi connectivity index (χ0v) is 15.9. The third-order valence-electron chi connectivity index (χ3n) is 5.32. The van der Waals surface area contributed by atoms with Crippen LogP contribution in [-0.2, 0) is 20.6 Å². The van der Waals surface area contributed by atoms with Gasteiger partial charge in [-0.1, -0.05) is 24.3 Å². The highest BCUT2D eigenvalue weighted by Gasteiger charge is 2.24. The lowest BCUT2D eigenvalue weighted by atomic mass is 10.1. The summed E-state index contributed by atoms with van der Waals surface area (Å²) in [6.45, 7) is 5.95. The molecule has 0 unspecified atom stereocenters. The molecule has 1 aliphatic heterocycles. The van der Waals surface area contributed by atoms with Crippen LogP contribution in [-0.4, -0.2) is 44.9 Å². The molecule has 0 atom stereocenters. The number of anilines is 1. The van der Waals surface area contributed by atoms with Crippen molar-refractivity contribution < 1.29 is 0 Å². The Kier molecular flexibility index (Phi) is 4.35. The van der Waals surface area contributed by atoms with Gasteiger partial charge in [0.25, 0.3) is 5.56 Å². The molecule has 8 heteroatoms. The largest absolute Gasteiger partial charge is 0.340 e. The molecule has 3 aromatic rings. The van der Waals surface area contributed by atoms with E-state index in [1.165, 1.54) is 11.6 Å². The number of nitrogens with one attached hydrogen (secondary N) is 1. The van der Waals surface area contributed by atoms with Gasteiger partial charge in [0, 0.05) is 40.3 Å². The molecular formula is C19H24N6O2. The van der Waals surface area contributed by atoms with Gasteiger partial charge in [-0.3, -0.25) is 18.5 Å². The normalized spacial score (nSPS) is 14.9. The van der Waals surface area contributed by atoms with Crippen LogP contribution in [0.5, 0.6) is 0 Å². The zero-order chi connectivity index (χ0) is 19.1. The van der Waals surface area contributed by atoms with Crippen molar-refractivity contribution in [2.75, 3.05) is 31.1 Å². The van der Waals surface area contributed by atoms with E-state index >= 15 is 0 Å². The van der Waals surface area contributed by atoms with Gasteiger partial charge in [-0.2, -0.15) is 4.98 Å². The van der Waals surface area contributed by atoms with E-state index in [-0.39, 0.29) is 11.2 Å². The lowest BCUT2D eigenvalue weighted by molar-refractivity contribution is 0.571. The maximum Gasteiger partial charge on any atom is 0.332 e. The van der Waals surface area contributed by atoms with Crippen molar-refractivity contribution in [3.8, 4) is 0 Å². The summed E-state index contributed by atoms with van der Waals surface area (Å²) < 4.78 is 4.57. The summed E-state index contributed by atoms with van der Waals surface area (Å²) in [5.41, 5.74) is 2.52. The predicted molar refractivity (Wildman–Crippen MR) is 106 cm³/mol. The average molecular weight is 368 g/mol. The first-order valence-electron chi connectivity index (χ1n) is 9.15. The lowest BCUT2D eigenvalue weighted by Crippen LogP contribution is -2.44. The Morgan fingerprint density at radius 2 is 1.78 bits per heavy atom. The minimum absolute atomic E-state index is 0.310. The molecule has 4 rings (SSSR count). The monoisotopic (exact) mass is 368 g/mol. The zero-order valence-electron chi connectivity index (χ0n) is 15.9. The molecule has 0 bridgehead atoms. The van der Waals surface area contributed by atoms with Crippen LogP contribution in [0.4, 0.5) is 5.95 Å². The van der Waals surface area contributed by atoms with Gasteiger partial charge in [0.2, 0.25) is 5.95 Å². The van der Waals surface area contributed by atoms with Gasteiger partial charge in [-0.15, -0.1) is 0 Å². The molecule has 2 aromatic heterocycles. The minimum Gasteiger partial charge on any atom is -0.340 e. The average Bonchev–Trinajstić information content (AvgIpc) is 3.06. The highest BCUT2D eigenvalue weighted by Crippen LogP contribution is 2.22. The van der Waals surface area contributed by atoms with E-state index < -0.39 is 0 Å². The Labute approximate surface area is 156 Å². The van der Waals surface area contributed by atoms with Crippen molar-refractivity contribution >= 4 is 17.1 Å². The molecule has 1 aromatic carbocycles. The van der Waals surface area contributed by atoms with Gasteiger partial charge in [0.05, 0.1) is 6.54 Å². The molecule has 142 valence electrons. The van der Waals surface area contributed by atoms with Crippen LogP contribution in [0.1, 0.15) is 11.1 Å². The number of aryl methyl sites for hydroxylation is 2. The first-order valence-corrected chi connectivity index (χ1v) is 9.15. The smallest absolute Gasteiger partial charge is 0.332 e. The van der Waals surface area contributed by atoms with Gasteiger partial charge in [0.15, 0.2) is 11.2 Å². The third kappa shape index (κ3) is 2.86. The second kappa shape index (κ2) is 6.70. The van der Waals surface area contributed by atoms with E-state index in [9.17, 15) is 9.59 Å². The van der Waals surface area contributed by atoms with Crippen LogP contribution in [0.2, 0.25) is 0 Å². The number of fused-ring (bicyclic) bond motifs is 1. The lowest BCUT2D eigenvalue weighted by Gasteiger charge is -2.29.